The summed E-state index contributed by atoms with van der Waals surface area (Å²) in [5.74, 6) is -0.0406. The van der Waals surface area contributed by atoms with Crippen LogP contribution in [0.5, 0.6) is 0 Å². The topological polar surface area (TPSA) is 98.9 Å². The zero-order chi connectivity index (χ0) is 24.0. The van der Waals surface area contributed by atoms with Gasteiger partial charge < -0.3 is 14.8 Å². The van der Waals surface area contributed by atoms with E-state index < -0.39 is 0 Å². The predicted molar refractivity (Wildman–Crippen MR) is 136 cm³/mol. The zero-order valence-corrected chi connectivity index (χ0v) is 19.8. The number of carbonyl (C=O) groups excluding carboxylic acids is 1. The largest absolute Gasteiger partial charge is 0.331 e. The van der Waals surface area contributed by atoms with Crippen molar-refractivity contribution in [1.29, 1.82) is 0 Å². The van der Waals surface area contributed by atoms with Gasteiger partial charge in [0.05, 0.1) is 18.1 Å². The average molecular weight is 470 g/mol. The van der Waals surface area contributed by atoms with Crippen LogP contribution < -0.4 is 5.32 Å². The Balaban J connectivity index is 1.52. The van der Waals surface area contributed by atoms with Crippen LogP contribution in [-0.2, 0) is 6.42 Å². The van der Waals surface area contributed by atoms with Crippen molar-refractivity contribution in [2.24, 2.45) is 5.11 Å². The van der Waals surface area contributed by atoms with Crippen LogP contribution in [0.4, 0.5) is 0 Å². The molecule has 0 radical (unpaired) electrons. The summed E-state index contributed by atoms with van der Waals surface area (Å²) in [5, 5.41) is 7.56. The van der Waals surface area contributed by atoms with Crippen molar-refractivity contribution in [2.75, 3.05) is 19.6 Å². The second-order valence-corrected chi connectivity index (χ2v) is 9.39. The Kier molecular flexibility index (Phi) is 7.12. The quantitative estimate of drug-likeness (QED) is 0.312. The highest BCUT2D eigenvalue weighted by Gasteiger charge is 2.34. The molecule has 35 heavy (non-hydrogen) atoms. The van der Waals surface area contributed by atoms with Crippen molar-refractivity contribution >= 4 is 5.91 Å². The number of imidazole rings is 1. The molecule has 0 unspecified atom stereocenters. The number of hydrogen-bond acceptors (Lipinski definition) is 4. The smallest absolute Gasteiger partial charge is 0.275 e. The molecule has 2 aliphatic rings. The van der Waals surface area contributed by atoms with E-state index in [0.717, 1.165) is 56.5 Å². The summed E-state index contributed by atoms with van der Waals surface area (Å²) in [6.07, 6.45) is 6.43. The van der Waals surface area contributed by atoms with Gasteiger partial charge in [0.25, 0.3) is 5.91 Å². The molecule has 3 aromatic rings. The number of carbonyl (C=O) groups is 1. The summed E-state index contributed by atoms with van der Waals surface area (Å²) in [4.78, 5) is 23.8. The molecule has 2 fully saturated rings. The molecule has 1 saturated carbocycles. The van der Waals surface area contributed by atoms with E-state index in [1.807, 2.05) is 53.4 Å². The van der Waals surface area contributed by atoms with Crippen LogP contribution >= 0.6 is 0 Å². The molecule has 1 aliphatic heterocycles. The van der Waals surface area contributed by atoms with Gasteiger partial charge in [-0.1, -0.05) is 78.6 Å². The summed E-state index contributed by atoms with van der Waals surface area (Å²) in [6.45, 7) is 2.16. The highest BCUT2D eigenvalue weighted by molar-refractivity contribution is 5.98. The normalized spacial score (nSPS) is 22.4. The fraction of sp³-hybridized carbons (Fsp3) is 0.407. The zero-order valence-electron chi connectivity index (χ0n) is 19.8. The Morgan fingerprint density at radius 1 is 1.09 bits per heavy atom. The molecule has 0 spiro atoms. The van der Waals surface area contributed by atoms with E-state index >= 15 is 0 Å². The number of nitrogens with one attached hydrogen (secondary N) is 1. The number of amides is 1. The second kappa shape index (κ2) is 10.8. The highest BCUT2D eigenvalue weighted by atomic mass is 16.2. The van der Waals surface area contributed by atoms with Crippen molar-refractivity contribution in [3.63, 3.8) is 0 Å². The first-order valence-electron chi connectivity index (χ1n) is 12.5. The van der Waals surface area contributed by atoms with Crippen molar-refractivity contribution in [2.45, 2.75) is 50.2 Å². The Hall–Kier alpha value is -3.61. The maximum absolute atomic E-state index is 14.0. The van der Waals surface area contributed by atoms with Crippen molar-refractivity contribution in [3.05, 3.63) is 88.7 Å². The molecular weight excluding hydrogens is 438 g/mol. The highest BCUT2D eigenvalue weighted by Crippen LogP contribution is 2.36. The van der Waals surface area contributed by atoms with Crippen LogP contribution in [0.2, 0.25) is 0 Å². The van der Waals surface area contributed by atoms with E-state index in [1.54, 1.807) is 6.33 Å². The Bertz CT molecular complexity index is 1190. The average Bonchev–Trinajstić information content (AvgIpc) is 3.35. The van der Waals surface area contributed by atoms with Gasteiger partial charge in [-0.15, -0.1) is 0 Å². The van der Waals surface area contributed by atoms with Crippen LogP contribution in [0.3, 0.4) is 0 Å². The molecule has 1 aromatic heterocycles. The number of azide groups is 1. The van der Waals surface area contributed by atoms with Gasteiger partial charge >= 0.3 is 0 Å². The summed E-state index contributed by atoms with van der Waals surface area (Å²) < 4.78 is 2.09. The summed E-state index contributed by atoms with van der Waals surface area (Å²) in [7, 11) is 0. The minimum absolute atomic E-state index is 0.00737. The number of rotatable bonds is 6. The van der Waals surface area contributed by atoms with Crippen molar-refractivity contribution < 1.29 is 4.79 Å². The van der Waals surface area contributed by atoms with E-state index in [2.05, 4.69) is 32.0 Å². The van der Waals surface area contributed by atoms with E-state index in [4.69, 9.17) is 10.5 Å². The van der Waals surface area contributed by atoms with E-state index in [9.17, 15) is 4.79 Å². The van der Waals surface area contributed by atoms with Crippen molar-refractivity contribution in [3.8, 4) is 11.3 Å². The third kappa shape index (κ3) is 4.94. The SMILES string of the molecule is [N-]=[N+]=N[C@@H]1CCCC[C@@H]1n1cnc(C(=O)N2CCNC[C@H]2Cc2ccccc2)c1-c1ccccc1. The fourth-order valence-corrected chi connectivity index (χ4v) is 5.50. The van der Waals surface area contributed by atoms with Gasteiger partial charge in [0.1, 0.15) is 0 Å². The first-order valence-corrected chi connectivity index (χ1v) is 12.5. The van der Waals surface area contributed by atoms with Gasteiger partial charge in [-0.3, -0.25) is 4.79 Å². The Morgan fingerprint density at radius 3 is 2.60 bits per heavy atom. The minimum Gasteiger partial charge on any atom is -0.331 e. The lowest BCUT2D eigenvalue weighted by molar-refractivity contribution is 0.0631. The van der Waals surface area contributed by atoms with Gasteiger partial charge in [0, 0.05) is 42.2 Å². The number of nitrogens with zero attached hydrogens (tertiary/aromatic N) is 6. The second-order valence-electron chi connectivity index (χ2n) is 9.39. The number of piperazine rings is 1. The molecule has 1 amide bonds. The first kappa shape index (κ1) is 23.1. The molecule has 1 aliphatic carbocycles. The minimum atomic E-state index is -0.140. The summed E-state index contributed by atoms with van der Waals surface area (Å²) >= 11 is 0. The first-order chi connectivity index (χ1) is 17.3. The maximum atomic E-state index is 14.0. The Morgan fingerprint density at radius 2 is 1.83 bits per heavy atom. The molecule has 2 heterocycles. The fourth-order valence-electron chi connectivity index (χ4n) is 5.50. The maximum Gasteiger partial charge on any atom is 0.275 e. The molecule has 8 nitrogen and oxygen atoms in total. The van der Waals surface area contributed by atoms with Crippen molar-refractivity contribution in [1.82, 2.24) is 19.8 Å². The predicted octanol–water partition coefficient (Wildman–Crippen LogP) is 5.00. The molecule has 1 saturated heterocycles. The van der Waals surface area contributed by atoms with Crippen LogP contribution in [0.1, 0.15) is 47.8 Å². The lowest BCUT2D eigenvalue weighted by Gasteiger charge is -2.36. The Labute approximate surface area is 205 Å². The van der Waals surface area contributed by atoms with E-state index in [0.29, 0.717) is 12.2 Å². The monoisotopic (exact) mass is 469 g/mol. The van der Waals surface area contributed by atoms with Crippen LogP contribution in [0.25, 0.3) is 21.7 Å². The molecule has 8 heteroatoms. The van der Waals surface area contributed by atoms with E-state index in [1.165, 1.54) is 5.56 Å². The van der Waals surface area contributed by atoms with Gasteiger partial charge in [0.2, 0.25) is 0 Å². The number of benzene rings is 2. The van der Waals surface area contributed by atoms with Gasteiger partial charge in [-0.05, 0) is 30.4 Å². The summed E-state index contributed by atoms with van der Waals surface area (Å²) in [5.41, 5.74) is 12.6. The molecule has 5 rings (SSSR count). The van der Waals surface area contributed by atoms with Crippen LogP contribution in [0, 0.1) is 0 Å². The molecule has 3 atom stereocenters. The van der Waals surface area contributed by atoms with Crippen LogP contribution in [-0.4, -0.2) is 52.1 Å². The molecule has 2 aromatic carbocycles. The van der Waals surface area contributed by atoms with Gasteiger partial charge in [0.15, 0.2) is 5.69 Å². The number of aromatic nitrogens is 2. The summed E-state index contributed by atoms with van der Waals surface area (Å²) in [6, 6.07) is 20.2. The standard InChI is InChI=1S/C27H31N7O/c28-32-31-23-13-7-8-14-24(23)34-19-30-25(26(34)21-11-5-2-6-12-21)27(35)33-16-15-29-18-22(33)17-20-9-3-1-4-10-20/h1-6,9-12,19,22-24,29H,7-8,13-18H2/t22-,23-,24+/m1/s1. The number of hydrogen-bond donors (Lipinski definition) is 1. The van der Waals surface area contributed by atoms with Crippen LogP contribution in [0.15, 0.2) is 72.1 Å². The molecule has 0 bridgehead atoms. The third-order valence-electron chi connectivity index (χ3n) is 7.22. The lowest BCUT2D eigenvalue weighted by atomic mass is 9.90. The molecule has 180 valence electrons. The third-order valence-corrected chi connectivity index (χ3v) is 7.22. The lowest BCUT2D eigenvalue weighted by Crippen LogP contribution is -2.54. The van der Waals surface area contributed by atoms with Gasteiger partial charge in [-0.25, -0.2) is 4.98 Å². The molecule has 1 N–H and O–H groups in total. The van der Waals surface area contributed by atoms with E-state index in [-0.39, 0.29) is 24.0 Å². The molecular formula is C27H31N7O. The van der Waals surface area contributed by atoms with Gasteiger partial charge in [-0.2, -0.15) is 0 Å².